The van der Waals surface area contributed by atoms with Crippen LogP contribution in [0.25, 0.3) is 0 Å². The van der Waals surface area contributed by atoms with Crippen LogP contribution in [0, 0.1) is 0 Å². The lowest BCUT2D eigenvalue weighted by molar-refractivity contribution is -0.154. The van der Waals surface area contributed by atoms with E-state index in [4.69, 9.17) is 24.3 Å². The highest BCUT2D eigenvalue weighted by Gasteiger charge is 2.25. The first kappa shape index (κ1) is 51.0. The molecule has 0 saturated carbocycles. The summed E-state index contributed by atoms with van der Waals surface area (Å²) in [4.78, 5) is 22.5. The van der Waals surface area contributed by atoms with Crippen molar-refractivity contribution in [3.05, 3.63) is 24.3 Å². The molecule has 52 heavy (non-hydrogen) atoms. The lowest BCUT2D eigenvalue weighted by Gasteiger charge is -2.20. The molecule has 0 radical (unpaired) electrons. The molecular weight excluding hydrogens is 673 g/mol. The van der Waals surface area contributed by atoms with Gasteiger partial charge in [0.2, 0.25) is 0 Å². The van der Waals surface area contributed by atoms with E-state index in [-0.39, 0.29) is 32.3 Å². The number of phosphoric ester groups is 1. The maximum Gasteiger partial charge on any atom is 0.472 e. The Morgan fingerprint density at radius 1 is 0.558 bits per heavy atom. The van der Waals surface area contributed by atoms with Crippen LogP contribution in [-0.2, 0) is 27.9 Å². The second-order valence-electron chi connectivity index (χ2n) is 14.6. The number of carbonyl (C=O) groups is 1. The maximum absolute atomic E-state index is 12.6. The fourth-order valence-corrected chi connectivity index (χ4v) is 6.86. The summed E-state index contributed by atoms with van der Waals surface area (Å²) in [6.45, 7) is 4.89. The summed E-state index contributed by atoms with van der Waals surface area (Å²) < 4.78 is 33.4. The molecule has 0 bridgehead atoms. The molecule has 8 nitrogen and oxygen atoms in total. The Morgan fingerprint density at radius 2 is 0.981 bits per heavy atom. The Bertz CT molecular complexity index is 853. The average molecular weight is 758 g/mol. The number of esters is 1. The van der Waals surface area contributed by atoms with Gasteiger partial charge in [-0.3, -0.25) is 13.8 Å². The minimum Gasteiger partial charge on any atom is -0.457 e. The molecule has 9 heteroatoms. The fraction of sp³-hybridized carbons (Fsp3) is 0.884. The van der Waals surface area contributed by atoms with Crippen molar-refractivity contribution < 1.29 is 32.8 Å². The van der Waals surface area contributed by atoms with Crippen molar-refractivity contribution in [2.45, 2.75) is 213 Å². The van der Waals surface area contributed by atoms with Crippen LogP contribution in [-0.4, -0.2) is 49.9 Å². The van der Waals surface area contributed by atoms with Crippen LogP contribution >= 0.6 is 7.82 Å². The third-order valence-corrected chi connectivity index (χ3v) is 10.3. The number of ether oxygens (including phenoxy) is 2. The van der Waals surface area contributed by atoms with Crippen LogP contribution in [0.4, 0.5) is 0 Å². The topological polar surface area (TPSA) is 117 Å². The molecule has 0 amide bonds. The quantitative estimate of drug-likeness (QED) is 0.0273. The van der Waals surface area contributed by atoms with Gasteiger partial charge in [0.15, 0.2) is 0 Å². The molecule has 0 spiro atoms. The minimum atomic E-state index is -4.27. The van der Waals surface area contributed by atoms with Crippen molar-refractivity contribution in [1.29, 1.82) is 0 Å². The van der Waals surface area contributed by atoms with Crippen LogP contribution in [0.15, 0.2) is 24.3 Å². The van der Waals surface area contributed by atoms with E-state index in [1.807, 2.05) is 0 Å². The van der Waals surface area contributed by atoms with Gasteiger partial charge in [-0.15, -0.1) is 0 Å². The standard InChI is InChI=1S/C43H84NO7P/c1-3-5-7-9-11-13-15-17-18-19-20-21-22-23-24-25-26-28-30-32-34-36-43(45)51-42(41-50-52(46,47)49-39-37-44)40-48-38-35-33-31-29-27-16-14-12-10-8-6-4-2/h10,12,19-20,42H,3-9,11,13-18,21-41,44H2,1-2H3,(H,46,47)/b12-10-,20-19-. The third-order valence-electron chi connectivity index (χ3n) is 9.34. The Kier molecular flexibility index (Phi) is 40.3. The zero-order valence-corrected chi connectivity index (χ0v) is 35.0. The molecule has 0 saturated heterocycles. The molecule has 3 N–H and O–H groups in total. The van der Waals surface area contributed by atoms with E-state index >= 15 is 0 Å². The van der Waals surface area contributed by atoms with E-state index in [0.717, 1.165) is 32.1 Å². The van der Waals surface area contributed by atoms with Gasteiger partial charge in [0.05, 0.1) is 19.8 Å². The van der Waals surface area contributed by atoms with Crippen LogP contribution in [0.2, 0.25) is 0 Å². The molecule has 2 unspecified atom stereocenters. The highest BCUT2D eigenvalue weighted by atomic mass is 31.2. The molecule has 0 aromatic heterocycles. The number of nitrogens with two attached hydrogens (primary N) is 1. The fourth-order valence-electron chi connectivity index (χ4n) is 6.09. The van der Waals surface area contributed by atoms with Gasteiger partial charge in [-0.25, -0.2) is 4.57 Å². The average Bonchev–Trinajstić information content (AvgIpc) is 3.13. The van der Waals surface area contributed by atoms with Gasteiger partial charge in [0.25, 0.3) is 0 Å². The Labute approximate surface area is 321 Å². The van der Waals surface area contributed by atoms with Gasteiger partial charge < -0.3 is 20.1 Å². The SMILES string of the molecule is CCCC/C=C\CCCCCCCCOCC(COP(=O)(O)OCCN)OC(=O)CCCCCCCCCCC/C=C\CCCCCCCCCC. The predicted octanol–water partition coefficient (Wildman–Crippen LogP) is 12.9. The first-order chi connectivity index (χ1) is 25.4. The number of allylic oxidation sites excluding steroid dienone is 4. The van der Waals surface area contributed by atoms with Crippen molar-refractivity contribution in [2.75, 3.05) is 33.0 Å². The van der Waals surface area contributed by atoms with E-state index in [1.54, 1.807) is 0 Å². The number of hydrogen-bond acceptors (Lipinski definition) is 7. The molecular formula is C43H84NO7P. The second-order valence-corrected chi connectivity index (χ2v) is 16.0. The first-order valence-corrected chi connectivity index (χ1v) is 23.3. The molecule has 0 aliphatic heterocycles. The van der Waals surface area contributed by atoms with Gasteiger partial charge in [0.1, 0.15) is 6.10 Å². The van der Waals surface area contributed by atoms with E-state index < -0.39 is 13.9 Å². The Balaban J connectivity index is 3.97. The summed E-state index contributed by atoms with van der Waals surface area (Å²) in [6, 6.07) is 0. The van der Waals surface area contributed by atoms with Crippen LogP contribution in [0.3, 0.4) is 0 Å². The summed E-state index contributed by atoms with van der Waals surface area (Å²) in [7, 11) is -4.27. The summed E-state index contributed by atoms with van der Waals surface area (Å²) in [5, 5.41) is 0. The van der Waals surface area contributed by atoms with Crippen LogP contribution in [0.5, 0.6) is 0 Å². The van der Waals surface area contributed by atoms with Crippen molar-refractivity contribution in [3.8, 4) is 0 Å². The first-order valence-electron chi connectivity index (χ1n) is 21.8. The Hall–Kier alpha value is -1.02. The Morgan fingerprint density at radius 3 is 1.46 bits per heavy atom. The summed E-state index contributed by atoms with van der Waals surface area (Å²) >= 11 is 0. The van der Waals surface area contributed by atoms with Crippen molar-refractivity contribution in [2.24, 2.45) is 5.73 Å². The molecule has 2 atom stereocenters. The van der Waals surface area contributed by atoms with E-state index in [1.165, 1.54) is 154 Å². The summed E-state index contributed by atoms with van der Waals surface area (Å²) in [5.74, 6) is -0.333. The number of carbonyl (C=O) groups excluding carboxylic acids is 1. The smallest absolute Gasteiger partial charge is 0.457 e. The molecule has 0 aromatic rings. The van der Waals surface area contributed by atoms with Gasteiger partial charge in [-0.05, 0) is 57.8 Å². The number of unbranched alkanes of at least 4 members (excludes halogenated alkanes) is 25. The molecule has 0 fully saturated rings. The van der Waals surface area contributed by atoms with Crippen molar-refractivity contribution in [1.82, 2.24) is 0 Å². The van der Waals surface area contributed by atoms with Gasteiger partial charge >= 0.3 is 13.8 Å². The zero-order chi connectivity index (χ0) is 38.1. The largest absolute Gasteiger partial charge is 0.472 e. The lowest BCUT2D eigenvalue weighted by atomic mass is 10.1. The normalized spacial score (nSPS) is 13.7. The van der Waals surface area contributed by atoms with Crippen LogP contribution in [0.1, 0.15) is 206 Å². The van der Waals surface area contributed by atoms with E-state index in [0.29, 0.717) is 13.0 Å². The van der Waals surface area contributed by atoms with Gasteiger partial charge in [-0.1, -0.05) is 167 Å². The predicted molar refractivity (Wildman–Crippen MR) is 220 cm³/mol. The van der Waals surface area contributed by atoms with Gasteiger partial charge in [-0.2, -0.15) is 0 Å². The molecule has 0 aliphatic carbocycles. The number of rotatable bonds is 42. The van der Waals surface area contributed by atoms with Gasteiger partial charge in [0, 0.05) is 19.6 Å². The molecule has 308 valence electrons. The summed E-state index contributed by atoms with van der Waals surface area (Å²) in [6.07, 6.45) is 44.8. The molecule has 0 aliphatic rings. The maximum atomic E-state index is 12.6. The zero-order valence-electron chi connectivity index (χ0n) is 34.1. The lowest BCUT2D eigenvalue weighted by Crippen LogP contribution is -2.28. The van der Waals surface area contributed by atoms with Crippen molar-refractivity contribution >= 4 is 13.8 Å². The summed E-state index contributed by atoms with van der Waals surface area (Å²) in [5.41, 5.74) is 5.36. The monoisotopic (exact) mass is 758 g/mol. The molecule has 0 heterocycles. The number of hydrogen-bond donors (Lipinski definition) is 2. The highest BCUT2D eigenvalue weighted by molar-refractivity contribution is 7.47. The highest BCUT2D eigenvalue weighted by Crippen LogP contribution is 2.43. The second kappa shape index (κ2) is 41.1. The molecule has 0 aromatic carbocycles. The van der Waals surface area contributed by atoms with E-state index in [2.05, 4.69) is 38.2 Å². The third kappa shape index (κ3) is 40.2. The minimum absolute atomic E-state index is 0.0958. The molecule has 0 rings (SSSR count). The van der Waals surface area contributed by atoms with Crippen LogP contribution < -0.4 is 5.73 Å². The number of phosphoric acid groups is 1. The van der Waals surface area contributed by atoms with Crippen molar-refractivity contribution in [3.63, 3.8) is 0 Å². The van der Waals surface area contributed by atoms with E-state index in [9.17, 15) is 14.3 Å².